The molecule has 0 bridgehead atoms. The number of aromatic nitrogens is 2. The van der Waals surface area contributed by atoms with Crippen molar-refractivity contribution in [1.82, 2.24) is 15.0 Å². The lowest BCUT2D eigenvalue weighted by molar-refractivity contribution is 0.194. The van der Waals surface area contributed by atoms with E-state index in [0.717, 1.165) is 12.4 Å². The second-order valence-corrected chi connectivity index (χ2v) is 5.59. The molecule has 0 fully saturated rings. The van der Waals surface area contributed by atoms with Gasteiger partial charge in [-0.3, -0.25) is 4.90 Å². The number of hydrogen-bond acceptors (Lipinski definition) is 4. The molecule has 17 heavy (non-hydrogen) atoms. The summed E-state index contributed by atoms with van der Waals surface area (Å²) in [5, 5.41) is 3.98. The zero-order valence-corrected chi connectivity index (χ0v) is 11.9. The predicted molar refractivity (Wildman–Crippen MR) is 68.8 cm³/mol. The highest BCUT2D eigenvalue weighted by atomic mass is 16.5. The highest BCUT2D eigenvalue weighted by Gasteiger charge is 2.15. The highest BCUT2D eigenvalue weighted by molar-refractivity contribution is 4.91. The first-order valence-corrected chi connectivity index (χ1v) is 6.42. The van der Waals surface area contributed by atoms with Gasteiger partial charge < -0.3 is 4.52 Å². The summed E-state index contributed by atoms with van der Waals surface area (Å²) in [4.78, 5) is 6.65. The van der Waals surface area contributed by atoms with E-state index in [1.165, 1.54) is 6.42 Å². The molecule has 0 spiro atoms. The average Bonchev–Trinajstić information content (AvgIpc) is 2.65. The third-order valence-electron chi connectivity index (χ3n) is 2.95. The van der Waals surface area contributed by atoms with E-state index in [4.69, 9.17) is 4.52 Å². The Morgan fingerprint density at radius 1 is 1.18 bits per heavy atom. The quantitative estimate of drug-likeness (QED) is 0.765. The number of rotatable bonds is 6. The van der Waals surface area contributed by atoms with E-state index in [1.807, 2.05) is 0 Å². The van der Waals surface area contributed by atoms with E-state index < -0.39 is 0 Å². The Morgan fingerprint density at radius 3 is 2.29 bits per heavy atom. The van der Waals surface area contributed by atoms with Gasteiger partial charge in [0.1, 0.15) is 0 Å². The largest absolute Gasteiger partial charge is 0.338 e. The maximum absolute atomic E-state index is 5.25. The van der Waals surface area contributed by atoms with Crippen molar-refractivity contribution in [2.24, 2.45) is 5.92 Å². The molecule has 4 nitrogen and oxygen atoms in total. The van der Waals surface area contributed by atoms with E-state index in [9.17, 15) is 0 Å². The van der Waals surface area contributed by atoms with Gasteiger partial charge in [0.05, 0.1) is 6.54 Å². The molecule has 98 valence electrons. The molecule has 1 heterocycles. The Labute approximate surface area is 104 Å². The molecular formula is C13H25N3O. The third kappa shape index (κ3) is 4.46. The summed E-state index contributed by atoms with van der Waals surface area (Å²) in [6.45, 7) is 11.6. The second kappa shape index (κ2) is 6.15. The average molecular weight is 239 g/mol. The highest BCUT2D eigenvalue weighted by Crippen LogP contribution is 2.14. The molecular weight excluding hydrogens is 214 g/mol. The summed E-state index contributed by atoms with van der Waals surface area (Å²) in [6, 6.07) is 0.532. The van der Waals surface area contributed by atoms with E-state index in [-0.39, 0.29) is 0 Å². The molecule has 0 saturated carbocycles. The fraction of sp³-hybridized carbons (Fsp3) is 0.846. The fourth-order valence-corrected chi connectivity index (χ4v) is 1.80. The van der Waals surface area contributed by atoms with Crippen molar-refractivity contribution in [1.29, 1.82) is 0 Å². The molecule has 0 N–H and O–H groups in total. The summed E-state index contributed by atoms with van der Waals surface area (Å²) >= 11 is 0. The first-order valence-electron chi connectivity index (χ1n) is 6.42. The minimum atomic E-state index is 0.325. The van der Waals surface area contributed by atoms with Crippen LogP contribution in [0.15, 0.2) is 4.52 Å². The summed E-state index contributed by atoms with van der Waals surface area (Å²) in [6.07, 6.45) is 1.18. The third-order valence-corrected chi connectivity index (χ3v) is 2.95. The van der Waals surface area contributed by atoms with Gasteiger partial charge in [-0.25, -0.2) is 0 Å². The van der Waals surface area contributed by atoms with Crippen LogP contribution in [0.2, 0.25) is 0 Å². The van der Waals surface area contributed by atoms with Crippen LogP contribution in [-0.4, -0.2) is 28.1 Å². The lowest BCUT2D eigenvalue weighted by Crippen LogP contribution is -2.29. The second-order valence-electron chi connectivity index (χ2n) is 5.59. The summed E-state index contributed by atoms with van der Waals surface area (Å²) in [7, 11) is 2.10. The SMILES string of the molecule is CC(C)CC(C)N(C)Cc1nc(C(C)C)no1. The van der Waals surface area contributed by atoms with Crippen LogP contribution in [-0.2, 0) is 6.54 Å². The Bertz CT molecular complexity index is 333. The van der Waals surface area contributed by atoms with Gasteiger partial charge in [-0.1, -0.05) is 32.9 Å². The monoisotopic (exact) mass is 239 g/mol. The zero-order valence-electron chi connectivity index (χ0n) is 11.9. The molecule has 0 saturated heterocycles. The van der Waals surface area contributed by atoms with E-state index in [0.29, 0.717) is 23.8 Å². The molecule has 1 rings (SSSR count). The standard InChI is InChI=1S/C13H25N3O/c1-9(2)7-11(5)16(6)8-12-14-13(10(3)4)15-17-12/h9-11H,7-8H2,1-6H3. The van der Waals surface area contributed by atoms with Crippen molar-refractivity contribution in [3.63, 3.8) is 0 Å². The minimum absolute atomic E-state index is 0.325. The van der Waals surface area contributed by atoms with Crippen molar-refractivity contribution in [2.45, 2.75) is 59.5 Å². The van der Waals surface area contributed by atoms with Gasteiger partial charge in [-0.15, -0.1) is 0 Å². The van der Waals surface area contributed by atoms with E-state index >= 15 is 0 Å². The first kappa shape index (κ1) is 14.2. The molecule has 4 heteroatoms. The van der Waals surface area contributed by atoms with Gasteiger partial charge in [0.25, 0.3) is 0 Å². The molecule has 0 aromatic carbocycles. The van der Waals surface area contributed by atoms with Gasteiger partial charge in [0.2, 0.25) is 5.89 Å². The summed E-state index contributed by atoms with van der Waals surface area (Å²) < 4.78 is 5.25. The van der Waals surface area contributed by atoms with Gasteiger partial charge in [0.15, 0.2) is 5.82 Å². The van der Waals surface area contributed by atoms with Crippen molar-refractivity contribution in [3.05, 3.63) is 11.7 Å². The molecule has 0 radical (unpaired) electrons. The molecule has 1 atom stereocenters. The van der Waals surface area contributed by atoms with Crippen LogP contribution in [0.5, 0.6) is 0 Å². The van der Waals surface area contributed by atoms with Crippen LogP contribution in [0.4, 0.5) is 0 Å². The van der Waals surface area contributed by atoms with Crippen molar-refractivity contribution < 1.29 is 4.52 Å². The molecule has 1 aromatic heterocycles. The number of hydrogen-bond donors (Lipinski definition) is 0. The van der Waals surface area contributed by atoms with Crippen LogP contribution >= 0.6 is 0 Å². The lowest BCUT2D eigenvalue weighted by atomic mass is 10.0. The first-order chi connectivity index (χ1) is 7.90. The Morgan fingerprint density at radius 2 is 1.82 bits per heavy atom. The van der Waals surface area contributed by atoms with Gasteiger partial charge in [0, 0.05) is 12.0 Å². The van der Waals surface area contributed by atoms with Gasteiger partial charge >= 0.3 is 0 Å². The minimum Gasteiger partial charge on any atom is -0.338 e. The van der Waals surface area contributed by atoms with Gasteiger partial charge in [-0.2, -0.15) is 4.98 Å². The fourth-order valence-electron chi connectivity index (χ4n) is 1.80. The van der Waals surface area contributed by atoms with E-state index in [2.05, 4.69) is 56.7 Å². The maximum Gasteiger partial charge on any atom is 0.240 e. The van der Waals surface area contributed by atoms with Crippen molar-refractivity contribution in [2.75, 3.05) is 7.05 Å². The molecule has 0 aliphatic heterocycles. The predicted octanol–water partition coefficient (Wildman–Crippen LogP) is 3.06. The molecule has 1 aromatic rings. The van der Waals surface area contributed by atoms with Crippen LogP contribution < -0.4 is 0 Å². The topological polar surface area (TPSA) is 42.2 Å². The molecule has 0 amide bonds. The van der Waals surface area contributed by atoms with E-state index in [1.54, 1.807) is 0 Å². The normalized spacial score (nSPS) is 13.9. The smallest absolute Gasteiger partial charge is 0.240 e. The summed E-state index contributed by atoms with van der Waals surface area (Å²) in [5.41, 5.74) is 0. The Balaban J connectivity index is 2.52. The van der Waals surface area contributed by atoms with Crippen molar-refractivity contribution in [3.8, 4) is 0 Å². The number of nitrogens with zero attached hydrogens (tertiary/aromatic N) is 3. The van der Waals surface area contributed by atoms with Crippen LogP contribution in [0.25, 0.3) is 0 Å². The Kier molecular flexibility index (Phi) is 5.12. The lowest BCUT2D eigenvalue weighted by Gasteiger charge is -2.24. The van der Waals surface area contributed by atoms with Crippen LogP contribution in [0.3, 0.4) is 0 Å². The Hall–Kier alpha value is -0.900. The molecule has 0 aliphatic carbocycles. The summed E-state index contributed by atoms with van der Waals surface area (Å²) in [5.74, 6) is 2.55. The zero-order chi connectivity index (χ0) is 13.0. The van der Waals surface area contributed by atoms with Crippen molar-refractivity contribution >= 4 is 0 Å². The van der Waals surface area contributed by atoms with Crippen LogP contribution in [0.1, 0.15) is 58.7 Å². The maximum atomic E-state index is 5.25. The van der Waals surface area contributed by atoms with Crippen LogP contribution in [0, 0.1) is 5.92 Å². The molecule has 0 aliphatic rings. The molecule has 1 unspecified atom stereocenters. The van der Waals surface area contributed by atoms with Gasteiger partial charge in [-0.05, 0) is 26.3 Å².